The van der Waals surface area contributed by atoms with E-state index in [4.69, 9.17) is 21.9 Å². The Hall–Kier alpha value is -2.88. The van der Waals surface area contributed by atoms with E-state index in [1.165, 1.54) is 11.3 Å². The standard InChI is InChI=1S/C16H14N6O2S.2ClH/c17-14(21-23)9-1-3-10(4-2-9)16-20-8-13(25-16)11-5-6-12(19-7-11)15(18)22-24;;/h1-8,23-24H,(H2,17,21)(H2,18,22);2*1H. The first kappa shape index (κ1) is 22.2. The summed E-state index contributed by atoms with van der Waals surface area (Å²) in [6.45, 7) is 0. The van der Waals surface area contributed by atoms with Crippen LogP contribution in [0.5, 0.6) is 0 Å². The van der Waals surface area contributed by atoms with Crippen LogP contribution in [-0.2, 0) is 0 Å². The summed E-state index contributed by atoms with van der Waals surface area (Å²) in [5, 5.41) is 24.1. The van der Waals surface area contributed by atoms with E-state index in [2.05, 4.69) is 20.3 Å². The number of pyridine rings is 1. The highest BCUT2D eigenvalue weighted by Gasteiger charge is 2.09. The van der Waals surface area contributed by atoms with Crippen LogP contribution in [0.1, 0.15) is 11.3 Å². The molecule has 3 aromatic rings. The van der Waals surface area contributed by atoms with Crippen LogP contribution in [0.2, 0.25) is 0 Å². The Bertz CT molecular complexity index is 866. The molecule has 6 N–H and O–H groups in total. The quantitative estimate of drug-likeness (QED) is 0.218. The third kappa shape index (κ3) is 4.85. The fraction of sp³-hybridized carbons (Fsp3) is 0. The molecule has 2 heterocycles. The number of oxime groups is 2. The van der Waals surface area contributed by atoms with E-state index in [0.717, 1.165) is 21.0 Å². The molecule has 0 aliphatic heterocycles. The fourth-order valence-corrected chi connectivity index (χ4v) is 3.04. The molecule has 0 saturated heterocycles. The number of thiazole rings is 1. The Morgan fingerprint density at radius 3 is 2.00 bits per heavy atom. The van der Waals surface area contributed by atoms with Gasteiger partial charge in [-0.1, -0.05) is 34.6 Å². The summed E-state index contributed by atoms with van der Waals surface area (Å²) < 4.78 is 0. The van der Waals surface area contributed by atoms with E-state index in [1.54, 1.807) is 30.6 Å². The lowest BCUT2D eigenvalue weighted by molar-refractivity contribution is 0.318. The van der Waals surface area contributed by atoms with Gasteiger partial charge in [-0.25, -0.2) is 4.98 Å². The van der Waals surface area contributed by atoms with Crippen molar-refractivity contribution >= 4 is 47.8 Å². The van der Waals surface area contributed by atoms with E-state index >= 15 is 0 Å². The number of halogens is 2. The number of nitrogens with zero attached hydrogens (tertiary/aromatic N) is 4. The van der Waals surface area contributed by atoms with Crippen molar-refractivity contribution in [1.29, 1.82) is 0 Å². The van der Waals surface area contributed by atoms with Crippen molar-refractivity contribution in [3.05, 3.63) is 60.0 Å². The number of amidine groups is 2. The maximum atomic E-state index is 8.69. The molecular weight excluding hydrogens is 411 g/mol. The molecule has 0 bridgehead atoms. The molecule has 0 unspecified atom stereocenters. The van der Waals surface area contributed by atoms with Gasteiger partial charge >= 0.3 is 0 Å². The zero-order valence-corrected chi connectivity index (χ0v) is 16.1. The summed E-state index contributed by atoms with van der Waals surface area (Å²) in [6.07, 6.45) is 3.41. The van der Waals surface area contributed by atoms with Crippen LogP contribution in [0.4, 0.5) is 0 Å². The van der Waals surface area contributed by atoms with Crippen molar-refractivity contribution in [3.8, 4) is 21.0 Å². The molecule has 0 atom stereocenters. The summed E-state index contributed by atoms with van der Waals surface area (Å²) in [4.78, 5) is 9.52. The van der Waals surface area contributed by atoms with Crippen LogP contribution in [0.15, 0.2) is 59.1 Å². The molecular formula is C16H16Cl2N6O2S. The number of rotatable bonds is 4. The van der Waals surface area contributed by atoms with Gasteiger partial charge in [0.2, 0.25) is 0 Å². The molecule has 27 heavy (non-hydrogen) atoms. The van der Waals surface area contributed by atoms with Gasteiger partial charge in [-0.3, -0.25) is 4.98 Å². The van der Waals surface area contributed by atoms with Crippen molar-refractivity contribution < 1.29 is 10.4 Å². The minimum Gasteiger partial charge on any atom is -0.409 e. The number of nitrogens with two attached hydrogens (primary N) is 2. The molecule has 11 heteroatoms. The molecule has 0 fully saturated rings. The van der Waals surface area contributed by atoms with Crippen molar-refractivity contribution in [2.45, 2.75) is 0 Å². The van der Waals surface area contributed by atoms with Crippen LogP contribution < -0.4 is 11.5 Å². The van der Waals surface area contributed by atoms with E-state index in [9.17, 15) is 0 Å². The molecule has 8 nitrogen and oxygen atoms in total. The normalized spacial score (nSPS) is 11.4. The van der Waals surface area contributed by atoms with E-state index in [0.29, 0.717) is 11.3 Å². The van der Waals surface area contributed by atoms with Crippen LogP contribution >= 0.6 is 36.2 Å². The molecule has 0 radical (unpaired) electrons. The van der Waals surface area contributed by atoms with Gasteiger partial charge in [-0.15, -0.1) is 36.2 Å². The Balaban J connectivity index is 0.00000182. The van der Waals surface area contributed by atoms with Gasteiger partial charge in [-0.2, -0.15) is 0 Å². The number of hydrogen-bond donors (Lipinski definition) is 4. The smallest absolute Gasteiger partial charge is 0.188 e. The molecule has 0 amide bonds. The molecule has 0 aliphatic rings. The lowest BCUT2D eigenvalue weighted by Gasteiger charge is -2.01. The van der Waals surface area contributed by atoms with Crippen LogP contribution in [0, 0.1) is 0 Å². The molecule has 0 aliphatic carbocycles. The van der Waals surface area contributed by atoms with Crippen molar-refractivity contribution in [2.75, 3.05) is 0 Å². The Kier molecular flexibility index (Phi) is 7.98. The first-order valence-electron chi connectivity index (χ1n) is 7.11. The highest BCUT2D eigenvalue weighted by Crippen LogP contribution is 2.31. The summed E-state index contributed by atoms with van der Waals surface area (Å²) in [5.74, 6) is 0.0190. The molecule has 0 saturated carbocycles. The van der Waals surface area contributed by atoms with Gasteiger partial charge in [0.1, 0.15) is 10.7 Å². The minimum atomic E-state index is -0.0395. The third-order valence-electron chi connectivity index (χ3n) is 3.46. The van der Waals surface area contributed by atoms with Gasteiger partial charge in [0.05, 0.1) is 4.88 Å². The Labute approximate surface area is 171 Å². The molecule has 0 spiro atoms. The lowest BCUT2D eigenvalue weighted by atomic mass is 10.1. The molecule has 3 rings (SSSR count). The first-order chi connectivity index (χ1) is 12.1. The van der Waals surface area contributed by atoms with E-state index < -0.39 is 0 Å². The topological polar surface area (TPSA) is 143 Å². The van der Waals surface area contributed by atoms with Crippen LogP contribution in [0.3, 0.4) is 0 Å². The predicted molar refractivity (Wildman–Crippen MR) is 110 cm³/mol. The number of hydrogen-bond acceptors (Lipinski definition) is 7. The molecule has 1 aromatic carbocycles. The zero-order valence-electron chi connectivity index (χ0n) is 13.7. The first-order valence-corrected chi connectivity index (χ1v) is 7.92. The second-order valence-corrected chi connectivity index (χ2v) is 6.04. The maximum Gasteiger partial charge on any atom is 0.188 e. The fourth-order valence-electron chi connectivity index (χ4n) is 2.12. The van der Waals surface area contributed by atoms with Crippen LogP contribution in [-0.4, -0.2) is 32.1 Å². The summed E-state index contributed by atoms with van der Waals surface area (Å²) in [5.41, 5.74) is 13.9. The number of benzene rings is 1. The summed E-state index contributed by atoms with van der Waals surface area (Å²) >= 11 is 1.51. The van der Waals surface area contributed by atoms with Crippen LogP contribution in [0.25, 0.3) is 21.0 Å². The average Bonchev–Trinajstić information content (AvgIpc) is 3.17. The third-order valence-corrected chi connectivity index (χ3v) is 4.55. The monoisotopic (exact) mass is 426 g/mol. The predicted octanol–water partition coefficient (Wildman–Crippen LogP) is 2.90. The average molecular weight is 427 g/mol. The van der Waals surface area contributed by atoms with Crippen molar-refractivity contribution in [3.63, 3.8) is 0 Å². The highest BCUT2D eigenvalue weighted by atomic mass is 35.5. The minimum absolute atomic E-state index is 0. The van der Waals surface area contributed by atoms with E-state index in [-0.39, 0.29) is 36.5 Å². The summed E-state index contributed by atoms with van der Waals surface area (Å²) in [6, 6.07) is 10.7. The van der Waals surface area contributed by atoms with Crippen molar-refractivity contribution in [2.24, 2.45) is 21.8 Å². The largest absolute Gasteiger partial charge is 0.409 e. The van der Waals surface area contributed by atoms with E-state index in [1.807, 2.05) is 18.2 Å². The van der Waals surface area contributed by atoms with Gasteiger partial charge in [0.15, 0.2) is 11.7 Å². The Morgan fingerprint density at radius 2 is 1.44 bits per heavy atom. The molecule has 2 aromatic heterocycles. The lowest BCUT2D eigenvalue weighted by Crippen LogP contribution is -2.14. The van der Waals surface area contributed by atoms with Gasteiger partial charge < -0.3 is 21.9 Å². The second kappa shape index (κ2) is 9.72. The van der Waals surface area contributed by atoms with Crippen molar-refractivity contribution in [1.82, 2.24) is 9.97 Å². The summed E-state index contributed by atoms with van der Waals surface area (Å²) in [7, 11) is 0. The maximum absolute atomic E-state index is 8.69. The SMILES string of the molecule is Cl.Cl.N/C(=N\O)c1ccc(-c2ncc(-c3ccc(/C(N)=N\O)nc3)s2)cc1. The second-order valence-electron chi connectivity index (χ2n) is 5.01. The zero-order chi connectivity index (χ0) is 17.8. The number of aromatic nitrogens is 2. The van der Waals surface area contributed by atoms with Gasteiger partial charge in [0.25, 0.3) is 0 Å². The molecule has 142 valence electrons. The highest BCUT2D eigenvalue weighted by molar-refractivity contribution is 7.18. The van der Waals surface area contributed by atoms with Gasteiger partial charge in [-0.05, 0) is 12.1 Å². The van der Waals surface area contributed by atoms with Gasteiger partial charge in [0, 0.05) is 29.1 Å². The Morgan fingerprint density at radius 1 is 0.815 bits per heavy atom.